The fraction of sp³-hybridized carbons (Fsp3) is 0.130. The molecule has 4 rings (SSSR count). The first-order valence-electron chi connectivity index (χ1n) is 9.67. The van der Waals surface area contributed by atoms with Gasteiger partial charge in [0, 0.05) is 22.0 Å². The van der Waals surface area contributed by atoms with Gasteiger partial charge in [-0.15, -0.1) is 10.2 Å². The van der Waals surface area contributed by atoms with Gasteiger partial charge in [0.05, 0.1) is 11.3 Å². The summed E-state index contributed by atoms with van der Waals surface area (Å²) in [6.07, 6.45) is 0. The van der Waals surface area contributed by atoms with Gasteiger partial charge in [0.1, 0.15) is 11.9 Å². The molecule has 0 atom stereocenters. The standard InChI is InChI=1S/C23H18ClN5O2S/c1-14-15(2)29(18-6-4-3-5-7-18)21(19(14)12-25)26-20(30)13-32-23-28-27-22(31-23)16-8-10-17(24)11-9-16/h3-11H,13H2,1-2H3,(H,26,30). The molecule has 0 radical (unpaired) electrons. The number of hydrogen-bond acceptors (Lipinski definition) is 6. The Morgan fingerprint density at radius 1 is 1.16 bits per heavy atom. The van der Waals surface area contributed by atoms with Crippen LogP contribution in [-0.4, -0.2) is 26.4 Å². The van der Waals surface area contributed by atoms with Crippen molar-refractivity contribution in [1.29, 1.82) is 5.26 Å². The van der Waals surface area contributed by atoms with Crippen LogP contribution in [0.3, 0.4) is 0 Å². The van der Waals surface area contributed by atoms with Crippen LogP contribution in [0.2, 0.25) is 5.02 Å². The van der Waals surface area contributed by atoms with E-state index < -0.39 is 0 Å². The summed E-state index contributed by atoms with van der Waals surface area (Å²) in [5, 5.41) is 21.4. The van der Waals surface area contributed by atoms with Crippen molar-refractivity contribution in [2.45, 2.75) is 19.1 Å². The number of amides is 1. The number of nitrogens with one attached hydrogen (secondary N) is 1. The highest BCUT2D eigenvalue weighted by atomic mass is 35.5. The number of anilines is 1. The highest BCUT2D eigenvalue weighted by Crippen LogP contribution is 2.30. The molecule has 0 bridgehead atoms. The van der Waals surface area contributed by atoms with Crippen molar-refractivity contribution < 1.29 is 9.21 Å². The lowest BCUT2D eigenvalue weighted by Gasteiger charge is -2.12. The van der Waals surface area contributed by atoms with Crippen LogP contribution < -0.4 is 5.32 Å². The number of thioether (sulfide) groups is 1. The zero-order valence-electron chi connectivity index (χ0n) is 17.3. The first-order chi connectivity index (χ1) is 15.5. The second-order valence-electron chi connectivity index (χ2n) is 6.93. The summed E-state index contributed by atoms with van der Waals surface area (Å²) < 4.78 is 7.51. The third-order valence-corrected chi connectivity index (χ3v) is 5.99. The van der Waals surface area contributed by atoms with Crippen LogP contribution in [0.5, 0.6) is 0 Å². The molecule has 32 heavy (non-hydrogen) atoms. The van der Waals surface area contributed by atoms with Crippen LogP contribution in [0.4, 0.5) is 5.82 Å². The molecule has 0 aliphatic carbocycles. The van der Waals surface area contributed by atoms with Crippen LogP contribution in [0.1, 0.15) is 16.8 Å². The smallest absolute Gasteiger partial charge is 0.277 e. The average Bonchev–Trinajstić information content (AvgIpc) is 3.36. The Kier molecular flexibility index (Phi) is 6.30. The normalized spacial score (nSPS) is 10.7. The molecule has 160 valence electrons. The van der Waals surface area contributed by atoms with E-state index in [9.17, 15) is 10.1 Å². The quantitative estimate of drug-likeness (QED) is 0.384. The summed E-state index contributed by atoms with van der Waals surface area (Å²) in [5.41, 5.74) is 3.75. The Balaban J connectivity index is 1.50. The molecule has 1 N–H and O–H groups in total. The molecule has 7 nitrogen and oxygen atoms in total. The third-order valence-electron chi connectivity index (χ3n) is 4.92. The molecule has 2 aromatic heterocycles. The van der Waals surface area contributed by atoms with Gasteiger partial charge in [-0.3, -0.25) is 9.36 Å². The van der Waals surface area contributed by atoms with Crippen molar-refractivity contribution in [3.05, 3.63) is 76.4 Å². The Labute approximate surface area is 194 Å². The number of nitriles is 1. The van der Waals surface area contributed by atoms with Gasteiger partial charge in [0.25, 0.3) is 5.22 Å². The van der Waals surface area contributed by atoms with Crippen molar-refractivity contribution >= 4 is 35.1 Å². The van der Waals surface area contributed by atoms with Gasteiger partial charge in [-0.05, 0) is 55.8 Å². The molecule has 0 aliphatic heterocycles. The summed E-state index contributed by atoms with van der Waals surface area (Å²) in [6, 6.07) is 18.8. The molecule has 0 aliphatic rings. The fourth-order valence-electron chi connectivity index (χ4n) is 3.23. The molecule has 0 saturated carbocycles. The number of rotatable bonds is 6. The summed E-state index contributed by atoms with van der Waals surface area (Å²) >= 11 is 7.02. The van der Waals surface area contributed by atoms with Crippen molar-refractivity contribution in [3.8, 4) is 23.2 Å². The minimum absolute atomic E-state index is 0.0468. The minimum Gasteiger partial charge on any atom is -0.411 e. The number of nitrogens with zero attached hydrogens (tertiary/aromatic N) is 4. The first kappa shape index (κ1) is 21.7. The van der Waals surface area contributed by atoms with Gasteiger partial charge in [-0.1, -0.05) is 41.6 Å². The molecular formula is C23H18ClN5O2S. The summed E-state index contributed by atoms with van der Waals surface area (Å²) in [7, 11) is 0. The second-order valence-corrected chi connectivity index (χ2v) is 8.30. The minimum atomic E-state index is -0.285. The van der Waals surface area contributed by atoms with Gasteiger partial charge in [-0.25, -0.2) is 0 Å². The van der Waals surface area contributed by atoms with Crippen LogP contribution in [0, 0.1) is 25.2 Å². The van der Waals surface area contributed by atoms with Gasteiger partial charge in [0.15, 0.2) is 0 Å². The predicted octanol–water partition coefficient (Wildman–Crippen LogP) is 5.40. The summed E-state index contributed by atoms with van der Waals surface area (Å²) in [5.74, 6) is 0.560. The maximum absolute atomic E-state index is 12.7. The van der Waals surface area contributed by atoms with E-state index in [0.29, 0.717) is 22.3 Å². The molecule has 4 aromatic rings. The number of carbonyl (C=O) groups is 1. The van der Waals surface area contributed by atoms with Crippen molar-refractivity contribution in [2.24, 2.45) is 0 Å². The summed E-state index contributed by atoms with van der Waals surface area (Å²) in [6.45, 7) is 3.79. The molecule has 0 unspecified atom stereocenters. The molecule has 2 aromatic carbocycles. The maximum atomic E-state index is 12.7. The lowest BCUT2D eigenvalue weighted by Crippen LogP contribution is -2.17. The van der Waals surface area contributed by atoms with E-state index in [1.807, 2.05) is 48.7 Å². The SMILES string of the molecule is Cc1c(C#N)c(NC(=O)CSc2nnc(-c3ccc(Cl)cc3)o2)n(-c2ccccc2)c1C. The number of aromatic nitrogens is 3. The fourth-order valence-corrected chi connectivity index (χ4v) is 3.92. The van der Waals surface area contributed by atoms with E-state index in [0.717, 1.165) is 34.3 Å². The maximum Gasteiger partial charge on any atom is 0.277 e. The highest BCUT2D eigenvalue weighted by molar-refractivity contribution is 7.99. The predicted molar refractivity (Wildman–Crippen MR) is 124 cm³/mol. The molecule has 1 amide bonds. The van der Waals surface area contributed by atoms with Gasteiger partial charge < -0.3 is 9.73 Å². The van der Waals surface area contributed by atoms with Crippen LogP contribution in [0.25, 0.3) is 17.1 Å². The second kappa shape index (κ2) is 9.30. The Bertz CT molecular complexity index is 1310. The lowest BCUT2D eigenvalue weighted by molar-refractivity contribution is -0.113. The number of hydrogen-bond donors (Lipinski definition) is 1. The van der Waals surface area contributed by atoms with E-state index >= 15 is 0 Å². The van der Waals surface area contributed by atoms with E-state index in [-0.39, 0.29) is 16.9 Å². The molecule has 9 heteroatoms. The van der Waals surface area contributed by atoms with Crippen molar-refractivity contribution in [2.75, 3.05) is 11.1 Å². The molecule has 2 heterocycles. The highest BCUT2D eigenvalue weighted by Gasteiger charge is 2.21. The third kappa shape index (κ3) is 4.40. The molecular weight excluding hydrogens is 446 g/mol. The van der Waals surface area contributed by atoms with E-state index in [1.165, 1.54) is 0 Å². The Morgan fingerprint density at radius 2 is 1.88 bits per heavy atom. The zero-order chi connectivity index (χ0) is 22.7. The topological polar surface area (TPSA) is 96.7 Å². The van der Waals surface area contributed by atoms with Gasteiger partial charge in [-0.2, -0.15) is 5.26 Å². The van der Waals surface area contributed by atoms with Crippen LogP contribution in [0.15, 0.2) is 64.2 Å². The van der Waals surface area contributed by atoms with Crippen molar-refractivity contribution in [3.63, 3.8) is 0 Å². The van der Waals surface area contributed by atoms with Crippen molar-refractivity contribution in [1.82, 2.24) is 14.8 Å². The number of halogens is 1. The zero-order valence-corrected chi connectivity index (χ0v) is 18.9. The van der Waals surface area contributed by atoms with Gasteiger partial charge in [0.2, 0.25) is 11.8 Å². The summed E-state index contributed by atoms with van der Waals surface area (Å²) in [4.78, 5) is 12.7. The lowest BCUT2D eigenvalue weighted by atomic mass is 10.2. The van der Waals surface area contributed by atoms with Crippen LogP contribution in [-0.2, 0) is 4.79 Å². The van der Waals surface area contributed by atoms with E-state index in [1.54, 1.807) is 24.3 Å². The Morgan fingerprint density at radius 3 is 2.56 bits per heavy atom. The van der Waals surface area contributed by atoms with E-state index in [2.05, 4.69) is 21.6 Å². The molecule has 0 spiro atoms. The van der Waals surface area contributed by atoms with Crippen LogP contribution >= 0.6 is 23.4 Å². The van der Waals surface area contributed by atoms with Gasteiger partial charge >= 0.3 is 0 Å². The Hall–Kier alpha value is -3.54. The average molecular weight is 464 g/mol. The number of benzene rings is 2. The number of carbonyl (C=O) groups excluding carboxylic acids is 1. The first-order valence-corrected chi connectivity index (χ1v) is 11.0. The van der Waals surface area contributed by atoms with E-state index in [4.69, 9.17) is 16.0 Å². The largest absolute Gasteiger partial charge is 0.411 e. The number of para-hydroxylation sites is 1. The monoisotopic (exact) mass is 463 g/mol. The molecule has 0 saturated heterocycles. The molecule has 0 fully saturated rings.